The van der Waals surface area contributed by atoms with E-state index in [-0.39, 0.29) is 11.8 Å². The van der Waals surface area contributed by atoms with E-state index < -0.39 is 0 Å². The van der Waals surface area contributed by atoms with Gasteiger partial charge in [0.2, 0.25) is 17.8 Å². The van der Waals surface area contributed by atoms with Gasteiger partial charge in [-0.2, -0.15) is 0 Å². The van der Waals surface area contributed by atoms with Crippen molar-refractivity contribution in [3.05, 3.63) is 47.8 Å². The smallest absolute Gasteiger partial charge is 0.238 e. The summed E-state index contributed by atoms with van der Waals surface area (Å²) in [5.74, 6) is 0.910. The fourth-order valence-electron chi connectivity index (χ4n) is 4.40. The molecule has 33 heavy (non-hydrogen) atoms. The number of piperazine rings is 2. The average molecular weight is 452 g/mol. The summed E-state index contributed by atoms with van der Waals surface area (Å²) in [5, 5.41) is 3.05. The zero-order valence-electron chi connectivity index (χ0n) is 19.5. The predicted octanol–water partition coefficient (Wildman–Crippen LogP) is 0.998. The van der Waals surface area contributed by atoms with Crippen molar-refractivity contribution in [3.63, 3.8) is 0 Å². The number of hydrogen-bond acceptors (Lipinski definition) is 7. The van der Waals surface area contributed by atoms with Crippen LogP contribution in [0, 0.1) is 13.8 Å². The molecule has 4 rings (SSSR count). The number of aromatic nitrogens is 2. The normalized spacial score (nSPS) is 17.8. The van der Waals surface area contributed by atoms with Crippen molar-refractivity contribution in [1.82, 2.24) is 24.7 Å². The highest BCUT2D eigenvalue weighted by atomic mass is 16.2. The van der Waals surface area contributed by atoms with E-state index in [9.17, 15) is 9.59 Å². The van der Waals surface area contributed by atoms with Crippen LogP contribution in [0.25, 0.3) is 0 Å². The van der Waals surface area contributed by atoms with Crippen molar-refractivity contribution >= 4 is 23.5 Å². The second-order valence-electron chi connectivity index (χ2n) is 8.78. The van der Waals surface area contributed by atoms with Crippen LogP contribution in [0.2, 0.25) is 0 Å². The molecule has 0 atom stereocenters. The van der Waals surface area contributed by atoms with Gasteiger partial charge >= 0.3 is 0 Å². The molecule has 9 nitrogen and oxygen atoms in total. The van der Waals surface area contributed by atoms with Crippen LogP contribution in [-0.2, 0) is 9.59 Å². The maximum atomic E-state index is 12.8. The lowest BCUT2D eigenvalue weighted by molar-refractivity contribution is -0.134. The number of hydrogen-bond donors (Lipinski definition) is 1. The number of amides is 2. The van der Waals surface area contributed by atoms with Crippen LogP contribution in [-0.4, -0.2) is 102 Å². The van der Waals surface area contributed by atoms with E-state index in [1.165, 1.54) is 0 Å². The highest BCUT2D eigenvalue weighted by Gasteiger charge is 2.26. The van der Waals surface area contributed by atoms with E-state index in [0.717, 1.165) is 48.9 Å². The van der Waals surface area contributed by atoms with Gasteiger partial charge in [-0.1, -0.05) is 18.2 Å². The third-order valence-electron chi connectivity index (χ3n) is 6.40. The predicted molar refractivity (Wildman–Crippen MR) is 128 cm³/mol. The molecule has 1 N–H and O–H groups in total. The molecule has 2 fully saturated rings. The molecule has 2 aliphatic rings. The fraction of sp³-hybridized carbons (Fsp3) is 0.500. The maximum absolute atomic E-state index is 12.8. The van der Waals surface area contributed by atoms with Crippen LogP contribution in [0.1, 0.15) is 11.1 Å². The van der Waals surface area contributed by atoms with Gasteiger partial charge in [-0.3, -0.25) is 19.4 Å². The Morgan fingerprint density at radius 3 is 2.03 bits per heavy atom. The van der Waals surface area contributed by atoms with Gasteiger partial charge in [0.05, 0.1) is 13.1 Å². The number of anilines is 2. The highest BCUT2D eigenvalue weighted by molar-refractivity contribution is 5.93. The highest BCUT2D eigenvalue weighted by Crippen LogP contribution is 2.19. The minimum atomic E-state index is -0.00700. The van der Waals surface area contributed by atoms with Crippen LogP contribution < -0.4 is 10.2 Å². The zero-order chi connectivity index (χ0) is 23.2. The minimum Gasteiger partial charge on any atom is -0.339 e. The molecular weight excluding hydrogens is 418 g/mol. The van der Waals surface area contributed by atoms with E-state index in [0.29, 0.717) is 39.3 Å². The summed E-state index contributed by atoms with van der Waals surface area (Å²) < 4.78 is 0. The molecule has 1 aromatic carbocycles. The Morgan fingerprint density at radius 1 is 0.818 bits per heavy atom. The van der Waals surface area contributed by atoms with Crippen molar-refractivity contribution in [2.75, 3.05) is 75.7 Å². The van der Waals surface area contributed by atoms with Crippen LogP contribution in [0.4, 0.5) is 11.6 Å². The molecule has 0 bridgehead atoms. The number of rotatable bonds is 6. The third kappa shape index (κ3) is 6.06. The molecule has 2 amide bonds. The molecular formula is C24H33N7O2. The molecule has 2 aliphatic heterocycles. The summed E-state index contributed by atoms with van der Waals surface area (Å²) in [6.07, 6.45) is 3.51. The number of carbonyl (C=O) groups is 2. The van der Waals surface area contributed by atoms with Gasteiger partial charge in [-0.25, -0.2) is 9.97 Å². The monoisotopic (exact) mass is 451 g/mol. The van der Waals surface area contributed by atoms with Gasteiger partial charge in [-0.15, -0.1) is 0 Å². The summed E-state index contributed by atoms with van der Waals surface area (Å²) in [4.78, 5) is 42.4. The molecule has 2 aromatic rings. The molecule has 3 heterocycles. The number of carbonyl (C=O) groups excluding carboxylic acids is 2. The standard InChI is InChI=1S/C24H33N7O2/c1-19-5-3-6-20(2)23(19)27-21(32)17-28-9-13-30(14-10-28)22(33)18-29-11-15-31(16-12-29)24-25-7-4-8-26-24/h3-8H,9-18H2,1-2H3,(H,27,32). The Kier molecular flexibility index (Phi) is 7.51. The molecule has 9 heteroatoms. The Balaban J connectivity index is 1.18. The van der Waals surface area contributed by atoms with Crippen LogP contribution >= 0.6 is 0 Å². The summed E-state index contributed by atoms with van der Waals surface area (Å²) in [6, 6.07) is 7.81. The maximum Gasteiger partial charge on any atom is 0.238 e. The minimum absolute atomic E-state index is 0.00700. The van der Waals surface area contributed by atoms with E-state index in [1.54, 1.807) is 12.4 Å². The molecule has 0 spiro atoms. The SMILES string of the molecule is Cc1cccc(C)c1NC(=O)CN1CCN(C(=O)CN2CCN(c3ncccn3)CC2)CC1. The summed E-state index contributed by atoms with van der Waals surface area (Å²) >= 11 is 0. The van der Waals surface area contributed by atoms with Crippen molar-refractivity contribution in [1.29, 1.82) is 0 Å². The Labute approximate surface area is 195 Å². The van der Waals surface area contributed by atoms with E-state index in [2.05, 4.69) is 30.0 Å². The van der Waals surface area contributed by atoms with Crippen molar-refractivity contribution < 1.29 is 9.59 Å². The van der Waals surface area contributed by atoms with Gasteiger partial charge in [0.1, 0.15) is 0 Å². The number of benzene rings is 1. The van der Waals surface area contributed by atoms with E-state index >= 15 is 0 Å². The van der Waals surface area contributed by atoms with Crippen LogP contribution in [0.15, 0.2) is 36.7 Å². The van der Waals surface area contributed by atoms with Crippen molar-refractivity contribution in [2.45, 2.75) is 13.8 Å². The Morgan fingerprint density at radius 2 is 1.39 bits per heavy atom. The van der Waals surface area contributed by atoms with Gasteiger partial charge in [0, 0.05) is 70.4 Å². The number of aryl methyl sites for hydroxylation is 2. The van der Waals surface area contributed by atoms with Crippen LogP contribution in [0.3, 0.4) is 0 Å². The number of nitrogens with zero attached hydrogens (tertiary/aromatic N) is 6. The number of para-hydroxylation sites is 1. The largest absolute Gasteiger partial charge is 0.339 e. The van der Waals surface area contributed by atoms with Crippen molar-refractivity contribution in [2.24, 2.45) is 0 Å². The van der Waals surface area contributed by atoms with E-state index in [4.69, 9.17) is 0 Å². The lowest BCUT2D eigenvalue weighted by Gasteiger charge is -2.37. The summed E-state index contributed by atoms with van der Waals surface area (Å²) in [7, 11) is 0. The summed E-state index contributed by atoms with van der Waals surface area (Å²) in [6.45, 7) is 10.8. The summed E-state index contributed by atoms with van der Waals surface area (Å²) in [5.41, 5.74) is 3.03. The van der Waals surface area contributed by atoms with Gasteiger partial charge in [-0.05, 0) is 31.0 Å². The first kappa shape index (κ1) is 23.1. The molecule has 1 aromatic heterocycles. The number of nitrogens with one attached hydrogen (secondary N) is 1. The Bertz CT molecular complexity index is 932. The topological polar surface area (TPSA) is 84.9 Å². The third-order valence-corrected chi connectivity index (χ3v) is 6.40. The van der Waals surface area contributed by atoms with E-state index in [1.807, 2.05) is 43.0 Å². The fourth-order valence-corrected chi connectivity index (χ4v) is 4.40. The second kappa shape index (κ2) is 10.7. The van der Waals surface area contributed by atoms with Crippen molar-refractivity contribution in [3.8, 4) is 0 Å². The zero-order valence-corrected chi connectivity index (χ0v) is 19.5. The first-order chi connectivity index (χ1) is 16.0. The molecule has 2 saturated heterocycles. The second-order valence-corrected chi connectivity index (χ2v) is 8.78. The van der Waals surface area contributed by atoms with Gasteiger partial charge in [0.25, 0.3) is 0 Å². The lowest BCUT2D eigenvalue weighted by Crippen LogP contribution is -2.54. The van der Waals surface area contributed by atoms with Crippen LogP contribution in [0.5, 0.6) is 0 Å². The molecule has 176 valence electrons. The van der Waals surface area contributed by atoms with Gasteiger partial charge < -0.3 is 15.1 Å². The van der Waals surface area contributed by atoms with Gasteiger partial charge in [0.15, 0.2) is 0 Å². The first-order valence-electron chi connectivity index (χ1n) is 11.6. The lowest BCUT2D eigenvalue weighted by atomic mass is 10.1. The molecule has 0 aliphatic carbocycles. The molecule has 0 saturated carbocycles. The molecule has 0 unspecified atom stereocenters. The quantitative estimate of drug-likeness (QED) is 0.701. The Hall–Kier alpha value is -3.04. The molecule has 0 radical (unpaired) electrons. The average Bonchev–Trinajstić information content (AvgIpc) is 2.83. The first-order valence-corrected chi connectivity index (χ1v) is 11.6.